The van der Waals surface area contributed by atoms with E-state index in [-0.39, 0.29) is 0 Å². The van der Waals surface area contributed by atoms with Crippen molar-refractivity contribution in [3.05, 3.63) is 24.2 Å². The van der Waals surface area contributed by atoms with Gasteiger partial charge in [-0.2, -0.15) is 5.10 Å². The molecule has 0 saturated heterocycles. The molecule has 0 radical (unpaired) electrons. The summed E-state index contributed by atoms with van der Waals surface area (Å²) in [5, 5.41) is 4.25. The molecule has 1 aliphatic carbocycles. The van der Waals surface area contributed by atoms with Gasteiger partial charge in [0.05, 0.1) is 6.20 Å². The van der Waals surface area contributed by atoms with Crippen LogP contribution in [0.3, 0.4) is 0 Å². The van der Waals surface area contributed by atoms with Gasteiger partial charge in [0, 0.05) is 31.0 Å². The Morgan fingerprint density at radius 3 is 3.00 bits per heavy atom. The van der Waals surface area contributed by atoms with Gasteiger partial charge >= 0.3 is 0 Å². The first kappa shape index (κ1) is 8.05. The Kier molecular flexibility index (Phi) is 1.64. The molecule has 14 heavy (non-hydrogen) atoms. The lowest BCUT2D eigenvalue weighted by Crippen LogP contribution is -2.02. The summed E-state index contributed by atoms with van der Waals surface area (Å²) >= 11 is 0. The Morgan fingerprint density at radius 2 is 2.29 bits per heavy atom. The number of rotatable bonds is 3. The molecule has 2 heterocycles. The Labute approximate surface area is 82.3 Å². The van der Waals surface area contributed by atoms with Crippen molar-refractivity contribution in [1.29, 1.82) is 0 Å². The van der Waals surface area contributed by atoms with Crippen molar-refractivity contribution in [2.75, 3.05) is 0 Å². The van der Waals surface area contributed by atoms with E-state index < -0.39 is 0 Å². The first-order valence-corrected chi connectivity index (χ1v) is 5.10. The Bertz CT molecular complexity index is 450. The fourth-order valence-electron chi connectivity index (χ4n) is 1.90. The van der Waals surface area contributed by atoms with Crippen LogP contribution in [0.4, 0.5) is 0 Å². The van der Waals surface area contributed by atoms with Crippen molar-refractivity contribution in [1.82, 2.24) is 14.2 Å². The van der Waals surface area contributed by atoms with Gasteiger partial charge in [-0.1, -0.05) is 0 Å². The molecule has 0 aromatic carbocycles. The molecule has 4 heteroatoms. The van der Waals surface area contributed by atoms with Crippen molar-refractivity contribution in [2.45, 2.75) is 25.9 Å². The zero-order valence-electron chi connectivity index (χ0n) is 8.06. The van der Waals surface area contributed by atoms with Gasteiger partial charge in [0.25, 0.3) is 0 Å². The van der Waals surface area contributed by atoms with E-state index in [0.717, 1.165) is 18.0 Å². The summed E-state index contributed by atoms with van der Waals surface area (Å²) in [7, 11) is 0. The molecule has 1 aliphatic rings. The maximum atomic E-state index is 5.67. The van der Waals surface area contributed by atoms with Crippen molar-refractivity contribution in [3.63, 3.8) is 0 Å². The SMILES string of the molecule is NCc1cnn2ccn(CC3CC3)c12. The average Bonchev–Trinajstić information content (AvgIpc) is 2.78. The van der Waals surface area contributed by atoms with Crippen molar-refractivity contribution < 1.29 is 0 Å². The number of nitrogens with zero attached hydrogens (tertiary/aromatic N) is 3. The number of hydrogen-bond acceptors (Lipinski definition) is 2. The second-order valence-electron chi connectivity index (χ2n) is 4.04. The van der Waals surface area contributed by atoms with E-state index >= 15 is 0 Å². The minimum atomic E-state index is 0.568. The molecule has 1 saturated carbocycles. The predicted octanol–water partition coefficient (Wildman–Crippen LogP) is 1.00. The number of fused-ring (bicyclic) bond motifs is 1. The molecule has 0 atom stereocenters. The van der Waals surface area contributed by atoms with Crippen molar-refractivity contribution >= 4 is 5.65 Å². The Balaban J connectivity index is 2.06. The zero-order chi connectivity index (χ0) is 9.54. The number of nitrogens with two attached hydrogens (primary N) is 1. The molecular weight excluding hydrogens is 176 g/mol. The molecule has 0 aliphatic heterocycles. The van der Waals surface area contributed by atoms with E-state index in [4.69, 9.17) is 5.73 Å². The fourth-order valence-corrected chi connectivity index (χ4v) is 1.90. The standard InChI is InChI=1S/C10H14N4/c11-5-9-6-12-14-4-3-13(10(9)14)7-8-1-2-8/h3-4,6,8H,1-2,5,7,11H2. The highest BCUT2D eigenvalue weighted by molar-refractivity contribution is 5.47. The molecule has 1 fully saturated rings. The minimum Gasteiger partial charge on any atom is -0.331 e. The summed E-state index contributed by atoms with van der Waals surface area (Å²) in [6.07, 6.45) is 8.70. The highest BCUT2D eigenvalue weighted by Crippen LogP contribution is 2.31. The van der Waals surface area contributed by atoms with Crippen LogP contribution in [0.25, 0.3) is 5.65 Å². The van der Waals surface area contributed by atoms with Crippen LogP contribution in [0, 0.1) is 5.92 Å². The lowest BCUT2D eigenvalue weighted by atomic mass is 10.3. The minimum absolute atomic E-state index is 0.568. The molecule has 0 spiro atoms. The third-order valence-electron chi connectivity index (χ3n) is 2.87. The highest BCUT2D eigenvalue weighted by Gasteiger charge is 2.22. The van der Waals surface area contributed by atoms with Gasteiger partial charge in [-0.3, -0.25) is 0 Å². The predicted molar refractivity (Wildman–Crippen MR) is 53.8 cm³/mol. The first-order valence-electron chi connectivity index (χ1n) is 5.10. The van der Waals surface area contributed by atoms with Crippen LogP contribution in [0.2, 0.25) is 0 Å². The molecular formula is C10H14N4. The topological polar surface area (TPSA) is 48.2 Å². The molecule has 0 amide bonds. The molecule has 3 rings (SSSR count). The quantitative estimate of drug-likeness (QED) is 0.785. The van der Waals surface area contributed by atoms with Crippen molar-refractivity contribution in [2.24, 2.45) is 11.7 Å². The fraction of sp³-hybridized carbons (Fsp3) is 0.500. The van der Waals surface area contributed by atoms with Crippen LogP contribution < -0.4 is 5.73 Å². The Hall–Kier alpha value is -1.29. The van der Waals surface area contributed by atoms with Crippen LogP contribution in [-0.4, -0.2) is 14.2 Å². The lowest BCUT2D eigenvalue weighted by molar-refractivity contribution is 0.642. The summed E-state index contributed by atoms with van der Waals surface area (Å²) in [5.41, 5.74) is 7.97. The molecule has 2 N–H and O–H groups in total. The molecule has 0 unspecified atom stereocenters. The third-order valence-corrected chi connectivity index (χ3v) is 2.87. The summed E-state index contributed by atoms with van der Waals surface area (Å²) in [6, 6.07) is 0. The number of hydrogen-bond donors (Lipinski definition) is 1. The second-order valence-corrected chi connectivity index (χ2v) is 4.04. The van der Waals surface area contributed by atoms with Crippen LogP contribution >= 0.6 is 0 Å². The summed E-state index contributed by atoms with van der Waals surface area (Å²) in [6.45, 7) is 1.69. The van der Waals surface area contributed by atoms with Crippen LogP contribution in [0.1, 0.15) is 18.4 Å². The zero-order valence-corrected chi connectivity index (χ0v) is 8.06. The summed E-state index contributed by atoms with van der Waals surface area (Å²) in [5.74, 6) is 0.881. The second kappa shape index (κ2) is 2.85. The molecule has 0 bridgehead atoms. The average molecular weight is 190 g/mol. The van der Waals surface area contributed by atoms with Crippen molar-refractivity contribution in [3.8, 4) is 0 Å². The summed E-state index contributed by atoms with van der Waals surface area (Å²) in [4.78, 5) is 0. The van der Waals surface area contributed by atoms with Gasteiger partial charge in [-0.25, -0.2) is 4.52 Å². The normalized spacial score (nSPS) is 16.6. The van der Waals surface area contributed by atoms with Crippen LogP contribution in [0.15, 0.2) is 18.6 Å². The molecule has 2 aromatic heterocycles. The van der Waals surface area contributed by atoms with Gasteiger partial charge in [0.1, 0.15) is 5.65 Å². The lowest BCUT2D eigenvalue weighted by Gasteiger charge is -2.02. The Morgan fingerprint density at radius 1 is 1.43 bits per heavy atom. The summed E-state index contributed by atoms with van der Waals surface area (Å²) < 4.78 is 4.18. The van der Waals surface area contributed by atoms with Gasteiger partial charge in [0.15, 0.2) is 0 Å². The van der Waals surface area contributed by atoms with E-state index in [1.54, 1.807) is 0 Å². The maximum Gasteiger partial charge on any atom is 0.140 e. The van der Waals surface area contributed by atoms with E-state index in [2.05, 4.69) is 15.9 Å². The van der Waals surface area contributed by atoms with E-state index in [1.807, 2.05) is 16.9 Å². The van der Waals surface area contributed by atoms with Gasteiger partial charge in [0.2, 0.25) is 0 Å². The smallest absolute Gasteiger partial charge is 0.140 e. The number of imidazole rings is 1. The largest absolute Gasteiger partial charge is 0.331 e. The van der Waals surface area contributed by atoms with E-state index in [9.17, 15) is 0 Å². The van der Waals surface area contributed by atoms with Crippen LogP contribution in [0.5, 0.6) is 0 Å². The van der Waals surface area contributed by atoms with Gasteiger partial charge in [-0.15, -0.1) is 0 Å². The van der Waals surface area contributed by atoms with Gasteiger partial charge < -0.3 is 10.3 Å². The van der Waals surface area contributed by atoms with Crippen LogP contribution in [-0.2, 0) is 13.1 Å². The number of aromatic nitrogens is 3. The molecule has 2 aromatic rings. The monoisotopic (exact) mass is 190 g/mol. The molecule has 4 nitrogen and oxygen atoms in total. The maximum absolute atomic E-state index is 5.67. The molecule has 74 valence electrons. The first-order chi connectivity index (χ1) is 6.88. The van der Waals surface area contributed by atoms with E-state index in [0.29, 0.717) is 6.54 Å². The van der Waals surface area contributed by atoms with Gasteiger partial charge in [-0.05, 0) is 18.8 Å². The van der Waals surface area contributed by atoms with E-state index in [1.165, 1.54) is 18.5 Å². The highest BCUT2D eigenvalue weighted by atomic mass is 15.3. The third kappa shape index (κ3) is 1.14.